The van der Waals surface area contributed by atoms with Crippen molar-refractivity contribution in [1.29, 1.82) is 0 Å². The average molecular weight is 352 g/mol. The highest BCUT2D eigenvalue weighted by atomic mass is 16.2. The van der Waals surface area contributed by atoms with Gasteiger partial charge in [0.25, 0.3) is 0 Å². The highest BCUT2D eigenvalue weighted by molar-refractivity contribution is 5.87. The van der Waals surface area contributed by atoms with E-state index in [1.807, 2.05) is 29.1 Å². The number of rotatable bonds is 5. The van der Waals surface area contributed by atoms with Crippen LogP contribution in [0.2, 0.25) is 0 Å². The first-order valence-corrected chi connectivity index (χ1v) is 9.86. The molecule has 0 bridgehead atoms. The highest BCUT2D eigenvalue weighted by Gasteiger charge is 2.47. The normalized spacial score (nSPS) is 21.0. The Bertz CT molecular complexity index is 743. The van der Waals surface area contributed by atoms with Crippen molar-refractivity contribution in [2.75, 3.05) is 13.1 Å². The summed E-state index contributed by atoms with van der Waals surface area (Å²) in [6.45, 7) is 4.20. The first kappa shape index (κ1) is 17.3. The molecule has 2 fully saturated rings. The summed E-state index contributed by atoms with van der Waals surface area (Å²) >= 11 is 0. The van der Waals surface area contributed by atoms with Gasteiger partial charge in [0, 0.05) is 12.4 Å². The Morgan fingerprint density at radius 1 is 1.12 bits per heavy atom. The maximum atomic E-state index is 13.4. The van der Waals surface area contributed by atoms with E-state index in [0.29, 0.717) is 0 Å². The summed E-state index contributed by atoms with van der Waals surface area (Å²) in [5.41, 5.74) is 1.83. The largest absolute Gasteiger partial charge is 0.348 e. The Balaban J connectivity index is 1.56. The molecule has 2 aromatic rings. The Morgan fingerprint density at radius 2 is 1.85 bits per heavy atom. The molecule has 1 atom stereocenters. The summed E-state index contributed by atoms with van der Waals surface area (Å²) in [6.07, 6.45) is 10.4. The van der Waals surface area contributed by atoms with Crippen molar-refractivity contribution < 1.29 is 4.79 Å². The molecule has 5 nitrogen and oxygen atoms in total. The number of hydrogen-bond donors (Lipinski definition) is 1. The lowest BCUT2D eigenvalue weighted by atomic mass is 9.93. The van der Waals surface area contributed by atoms with Crippen LogP contribution >= 0.6 is 0 Å². The quantitative estimate of drug-likeness (QED) is 0.896. The van der Waals surface area contributed by atoms with Crippen LogP contribution in [-0.2, 0) is 4.79 Å². The third kappa shape index (κ3) is 3.05. The van der Waals surface area contributed by atoms with Crippen molar-refractivity contribution >= 4 is 5.91 Å². The molecule has 1 aliphatic heterocycles. The van der Waals surface area contributed by atoms with Crippen LogP contribution in [0.1, 0.15) is 57.1 Å². The fourth-order valence-corrected chi connectivity index (χ4v) is 4.67. The Kier molecular flexibility index (Phi) is 4.81. The summed E-state index contributed by atoms with van der Waals surface area (Å²) in [6, 6.07) is 10.0. The number of nitrogens with zero attached hydrogens (tertiary/aromatic N) is 3. The van der Waals surface area contributed by atoms with Crippen molar-refractivity contribution in [3.63, 3.8) is 0 Å². The molecule has 5 heteroatoms. The molecule has 1 aliphatic carbocycles. The van der Waals surface area contributed by atoms with Gasteiger partial charge in [-0.15, -0.1) is 0 Å². The van der Waals surface area contributed by atoms with Crippen LogP contribution < -0.4 is 5.32 Å². The fraction of sp³-hybridized carbons (Fsp3) is 0.524. The first-order valence-electron chi connectivity index (χ1n) is 9.86. The number of para-hydroxylation sites is 1. The van der Waals surface area contributed by atoms with Gasteiger partial charge in [-0.05, 0) is 63.4 Å². The number of carbonyl (C=O) groups excluding carboxylic acids is 1. The zero-order valence-corrected chi connectivity index (χ0v) is 15.5. The van der Waals surface area contributed by atoms with E-state index in [2.05, 4.69) is 34.4 Å². The molecule has 0 unspecified atom stereocenters. The van der Waals surface area contributed by atoms with Crippen LogP contribution in [0.5, 0.6) is 0 Å². The predicted molar refractivity (Wildman–Crippen MR) is 102 cm³/mol. The molecule has 0 spiro atoms. The van der Waals surface area contributed by atoms with Crippen molar-refractivity contribution in [3.8, 4) is 5.69 Å². The SMILES string of the molecule is C[C@@H](NC(=O)C1(N2CCCC2)CCCC1)c1ccccc1-n1cccn1. The molecule has 1 N–H and O–H groups in total. The molecule has 2 aliphatic rings. The van der Waals surface area contributed by atoms with E-state index in [1.165, 1.54) is 12.8 Å². The molecular weight excluding hydrogens is 324 g/mol. The topological polar surface area (TPSA) is 50.2 Å². The van der Waals surface area contributed by atoms with E-state index < -0.39 is 0 Å². The van der Waals surface area contributed by atoms with Gasteiger partial charge in [0.05, 0.1) is 11.7 Å². The maximum absolute atomic E-state index is 13.4. The van der Waals surface area contributed by atoms with Crippen LogP contribution in [0.3, 0.4) is 0 Å². The number of aromatic nitrogens is 2. The number of amides is 1. The number of hydrogen-bond acceptors (Lipinski definition) is 3. The monoisotopic (exact) mass is 352 g/mol. The first-order chi connectivity index (χ1) is 12.7. The fourth-order valence-electron chi connectivity index (χ4n) is 4.67. The van der Waals surface area contributed by atoms with Gasteiger partial charge >= 0.3 is 0 Å². The van der Waals surface area contributed by atoms with Gasteiger partial charge in [-0.1, -0.05) is 31.0 Å². The molecule has 1 saturated carbocycles. The average Bonchev–Trinajstić information content (AvgIpc) is 3.44. The summed E-state index contributed by atoms with van der Waals surface area (Å²) in [5.74, 6) is 0.208. The van der Waals surface area contributed by atoms with Gasteiger partial charge in [-0.25, -0.2) is 4.68 Å². The van der Waals surface area contributed by atoms with Crippen LogP contribution in [0.15, 0.2) is 42.7 Å². The summed E-state index contributed by atoms with van der Waals surface area (Å²) in [5, 5.41) is 7.70. The summed E-state index contributed by atoms with van der Waals surface area (Å²) in [7, 11) is 0. The maximum Gasteiger partial charge on any atom is 0.240 e. The minimum Gasteiger partial charge on any atom is -0.348 e. The molecule has 26 heavy (non-hydrogen) atoms. The molecule has 4 rings (SSSR count). The molecule has 0 radical (unpaired) electrons. The molecule has 1 amide bonds. The Hall–Kier alpha value is -2.14. The second-order valence-corrected chi connectivity index (χ2v) is 7.64. The number of benzene rings is 1. The summed E-state index contributed by atoms with van der Waals surface area (Å²) in [4.78, 5) is 15.8. The Morgan fingerprint density at radius 3 is 2.54 bits per heavy atom. The molecule has 2 heterocycles. The van der Waals surface area contributed by atoms with E-state index in [1.54, 1.807) is 6.20 Å². The van der Waals surface area contributed by atoms with Gasteiger partial charge in [-0.2, -0.15) is 5.10 Å². The molecule has 138 valence electrons. The second-order valence-electron chi connectivity index (χ2n) is 7.64. The number of carbonyl (C=O) groups is 1. The summed E-state index contributed by atoms with van der Waals surface area (Å²) < 4.78 is 1.86. The van der Waals surface area contributed by atoms with Crippen molar-refractivity contribution in [2.45, 2.75) is 57.0 Å². The second kappa shape index (κ2) is 7.23. The van der Waals surface area contributed by atoms with E-state index in [0.717, 1.165) is 50.0 Å². The number of nitrogens with one attached hydrogen (secondary N) is 1. The van der Waals surface area contributed by atoms with Crippen LogP contribution in [-0.4, -0.2) is 39.2 Å². The van der Waals surface area contributed by atoms with Gasteiger partial charge < -0.3 is 5.32 Å². The van der Waals surface area contributed by atoms with Crippen LogP contribution in [0, 0.1) is 0 Å². The zero-order chi connectivity index (χ0) is 18.0. The highest BCUT2D eigenvalue weighted by Crippen LogP contribution is 2.38. The van der Waals surface area contributed by atoms with Crippen molar-refractivity contribution in [2.24, 2.45) is 0 Å². The lowest BCUT2D eigenvalue weighted by Gasteiger charge is -2.38. The van der Waals surface area contributed by atoms with Gasteiger partial charge in [-0.3, -0.25) is 9.69 Å². The third-order valence-corrected chi connectivity index (χ3v) is 6.07. The van der Waals surface area contributed by atoms with E-state index >= 15 is 0 Å². The minimum atomic E-state index is -0.286. The van der Waals surface area contributed by atoms with E-state index in [4.69, 9.17) is 0 Å². The van der Waals surface area contributed by atoms with Gasteiger partial charge in [0.1, 0.15) is 5.54 Å². The van der Waals surface area contributed by atoms with Crippen molar-refractivity contribution in [3.05, 3.63) is 48.3 Å². The van der Waals surface area contributed by atoms with E-state index in [9.17, 15) is 4.79 Å². The van der Waals surface area contributed by atoms with Crippen molar-refractivity contribution in [1.82, 2.24) is 20.0 Å². The molecular formula is C21H28N4O. The lowest BCUT2D eigenvalue weighted by Crippen LogP contribution is -2.56. The standard InChI is InChI=1S/C21H28N4O/c1-17(18-9-2-3-10-19(18)25-16-8-13-22-25)23-20(26)21(11-4-5-12-21)24-14-6-7-15-24/h2-3,8-10,13,16-17H,4-7,11-12,14-15H2,1H3,(H,23,26)/t17-/m1/s1. The molecule has 1 aromatic heterocycles. The Labute approximate surface area is 155 Å². The van der Waals surface area contributed by atoms with Gasteiger partial charge in [0.2, 0.25) is 5.91 Å². The van der Waals surface area contributed by atoms with Gasteiger partial charge in [0.15, 0.2) is 0 Å². The lowest BCUT2D eigenvalue weighted by molar-refractivity contribution is -0.133. The van der Waals surface area contributed by atoms with Crippen LogP contribution in [0.4, 0.5) is 0 Å². The zero-order valence-electron chi connectivity index (χ0n) is 15.5. The van der Waals surface area contributed by atoms with E-state index in [-0.39, 0.29) is 17.5 Å². The molecule has 1 aromatic carbocycles. The minimum absolute atomic E-state index is 0.0528. The predicted octanol–water partition coefficient (Wildman–Crippen LogP) is 3.46. The van der Waals surface area contributed by atoms with Crippen LogP contribution in [0.25, 0.3) is 5.69 Å². The molecule has 1 saturated heterocycles. The smallest absolute Gasteiger partial charge is 0.240 e. The third-order valence-electron chi connectivity index (χ3n) is 6.07. The number of likely N-dealkylation sites (tertiary alicyclic amines) is 1.